The standard InChI is InChI=1S/C26H33ClN2O2/c27-23-10-8-22(9-11-23)26(31)14-19-28(20-15-26)16-4-5-25(30)21-6-12-24(13-7-21)29-17-2-1-3-18-29/h6-13,31H,1-5,14-20H2. The van der Waals surface area contributed by atoms with Gasteiger partial charge in [0.15, 0.2) is 5.78 Å². The molecule has 0 saturated carbocycles. The van der Waals surface area contributed by atoms with Crippen molar-refractivity contribution in [3.05, 3.63) is 64.7 Å². The van der Waals surface area contributed by atoms with Gasteiger partial charge in [0.1, 0.15) is 0 Å². The predicted octanol–water partition coefficient (Wildman–Crippen LogP) is 5.28. The van der Waals surface area contributed by atoms with Crippen LogP contribution in [0.15, 0.2) is 48.5 Å². The maximum Gasteiger partial charge on any atom is 0.162 e. The van der Waals surface area contributed by atoms with Crippen LogP contribution in [0.1, 0.15) is 60.9 Å². The van der Waals surface area contributed by atoms with Crippen molar-refractivity contribution in [3.8, 4) is 0 Å². The van der Waals surface area contributed by atoms with E-state index in [-0.39, 0.29) is 5.78 Å². The molecule has 0 unspecified atom stereocenters. The fourth-order valence-corrected chi connectivity index (χ4v) is 4.94. The van der Waals surface area contributed by atoms with Gasteiger partial charge in [-0.25, -0.2) is 0 Å². The van der Waals surface area contributed by atoms with E-state index in [1.54, 1.807) is 0 Å². The van der Waals surface area contributed by atoms with Gasteiger partial charge < -0.3 is 14.9 Å². The average Bonchev–Trinajstić information content (AvgIpc) is 2.81. The van der Waals surface area contributed by atoms with Crippen molar-refractivity contribution in [2.45, 2.75) is 50.5 Å². The Balaban J connectivity index is 1.21. The Bertz CT molecular complexity index is 852. The van der Waals surface area contributed by atoms with Crippen molar-refractivity contribution in [3.63, 3.8) is 0 Å². The largest absolute Gasteiger partial charge is 0.385 e. The van der Waals surface area contributed by atoms with Crippen molar-refractivity contribution in [2.75, 3.05) is 37.6 Å². The molecule has 2 aliphatic heterocycles. The molecule has 5 heteroatoms. The highest BCUT2D eigenvalue weighted by Crippen LogP contribution is 2.33. The lowest BCUT2D eigenvalue weighted by molar-refractivity contribution is -0.0260. The van der Waals surface area contributed by atoms with Gasteiger partial charge in [-0.3, -0.25) is 4.79 Å². The minimum atomic E-state index is -0.771. The van der Waals surface area contributed by atoms with Gasteiger partial charge in [0.2, 0.25) is 0 Å². The molecule has 0 spiro atoms. The molecule has 31 heavy (non-hydrogen) atoms. The molecule has 166 valence electrons. The molecule has 4 rings (SSSR count). The minimum Gasteiger partial charge on any atom is -0.385 e. The maximum absolute atomic E-state index is 12.6. The Morgan fingerprint density at radius 1 is 0.903 bits per heavy atom. The summed E-state index contributed by atoms with van der Waals surface area (Å²) in [7, 11) is 0. The molecule has 0 amide bonds. The van der Waals surface area contributed by atoms with Crippen LogP contribution >= 0.6 is 11.6 Å². The molecule has 0 bridgehead atoms. The Hall–Kier alpha value is -1.88. The highest BCUT2D eigenvalue weighted by molar-refractivity contribution is 6.30. The number of Topliss-reactive ketones (excluding diaryl/α,β-unsaturated/α-hetero) is 1. The fourth-order valence-electron chi connectivity index (χ4n) is 4.81. The van der Waals surface area contributed by atoms with Crippen molar-refractivity contribution >= 4 is 23.1 Å². The van der Waals surface area contributed by atoms with Crippen LogP contribution in [-0.4, -0.2) is 48.5 Å². The number of piperidine rings is 2. The molecular weight excluding hydrogens is 408 g/mol. The first-order valence-electron chi connectivity index (χ1n) is 11.6. The van der Waals surface area contributed by atoms with Gasteiger partial charge in [0.25, 0.3) is 0 Å². The summed E-state index contributed by atoms with van der Waals surface area (Å²) in [6, 6.07) is 15.7. The van der Waals surface area contributed by atoms with Crippen LogP contribution in [0.25, 0.3) is 0 Å². The number of hydrogen-bond acceptors (Lipinski definition) is 4. The van der Waals surface area contributed by atoms with Crippen molar-refractivity contribution < 1.29 is 9.90 Å². The smallest absolute Gasteiger partial charge is 0.162 e. The van der Waals surface area contributed by atoms with Gasteiger partial charge in [0, 0.05) is 48.9 Å². The summed E-state index contributed by atoms with van der Waals surface area (Å²) in [4.78, 5) is 17.4. The molecular formula is C26H33ClN2O2. The number of halogens is 1. The summed E-state index contributed by atoms with van der Waals surface area (Å²) in [6.07, 6.45) is 6.68. The summed E-state index contributed by atoms with van der Waals surface area (Å²) in [6.45, 7) is 4.83. The topological polar surface area (TPSA) is 43.8 Å². The lowest BCUT2D eigenvalue weighted by atomic mass is 9.84. The molecule has 0 aliphatic carbocycles. The SMILES string of the molecule is O=C(CCCN1CCC(O)(c2ccc(Cl)cc2)CC1)c1ccc(N2CCCCC2)cc1. The molecule has 2 heterocycles. The summed E-state index contributed by atoms with van der Waals surface area (Å²) in [5.74, 6) is 0.222. The number of rotatable bonds is 7. The van der Waals surface area contributed by atoms with E-state index in [0.29, 0.717) is 24.3 Å². The van der Waals surface area contributed by atoms with Gasteiger partial charge in [0.05, 0.1) is 5.60 Å². The van der Waals surface area contributed by atoms with E-state index < -0.39 is 5.60 Å². The summed E-state index contributed by atoms with van der Waals surface area (Å²) < 4.78 is 0. The van der Waals surface area contributed by atoms with Gasteiger partial charge in [-0.05, 0) is 87.0 Å². The minimum absolute atomic E-state index is 0.222. The van der Waals surface area contributed by atoms with Crippen molar-refractivity contribution in [2.24, 2.45) is 0 Å². The number of likely N-dealkylation sites (tertiary alicyclic amines) is 1. The number of aliphatic hydroxyl groups is 1. The van der Waals surface area contributed by atoms with Crippen molar-refractivity contribution in [1.82, 2.24) is 4.90 Å². The Labute approximate surface area is 190 Å². The first-order valence-corrected chi connectivity index (χ1v) is 12.0. The van der Waals surface area contributed by atoms with Gasteiger partial charge in [-0.2, -0.15) is 0 Å². The zero-order valence-electron chi connectivity index (χ0n) is 18.2. The number of nitrogens with zero attached hydrogens (tertiary/aromatic N) is 2. The predicted molar refractivity (Wildman–Crippen MR) is 127 cm³/mol. The second-order valence-electron chi connectivity index (χ2n) is 9.00. The number of benzene rings is 2. The highest BCUT2D eigenvalue weighted by atomic mass is 35.5. The third-order valence-electron chi connectivity index (χ3n) is 6.85. The molecule has 2 aromatic carbocycles. The Morgan fingerprint density at radius 3 is 2.19 bits per heavy atom. The lowest BCUT2D eigenvalue weighted by Gasteiger charge is -2.38. The fraction of sp³-hybridized carbons (Fsp3) is 0.500. The van der Waals surface area contributed by atoms with E-state index in [4.69, 9.17) is 11.6 Å². The van der Waals surface area contributed by atoms with E-state index >= 15 is 0 Å². The van der Waals surface area contributed by atoms with Crippen LogP contribution in [-0.2, 0) is 5.60 Å². The number of carbonyl (C=O) groups is 1. The molecule has 4 nitrogen and oxygen atoms in total. The lowest BCUT2D eigenvalue weighted by Crippen LogP contribution is -2.42. The third kappa shape index (κ3) is 5.68. The van der Waals surface area contributed by atoms with Crippen LogP contribution in [0, 0.1) is 0 Å². The van der Waals surface area contributed by atoms with E-state index in [0.717, 1.165) is 50.3 Å². The molecule has 2 fully saturated rings. The molecule has 1 N–H and O–H groups in total. The third-order valence-corrected chi connectivity index (χ3v) is 7.11. The monoisotopic (exact) mass is 440 g/mol. The van der Waals surface area contributed by atoms with E-state index in [2.05, 4.69) is 21.9 Å². The van der Waals surface area contributed by atoms with Gasteiger partial charge in [-0.15, -0.1) is 0 Å². The molecule has 2 aromatic rings. The molecule has 2 saturated heterocycles. The van der Waals surface area contributed by atoms with Crippen LogP contribution in [0.4, 0.5) is 5.69 Å². The summed E-state index contributed by atoms with van der Waals surface area (Å²) >= 11 is 5.97. The molecule has 2 aliphatic rings. The van der Waals surface area contributed by atoms with Crippen LogP contribution < -0.4 is 4.90 Å². The number of ketones is 1. The van der Waals surface area contributed by atoms with E-state index in [9.17, 15) is 9.90 Å². The van der Waals surface area contributed by atoms with Crippen LogP contribution in [0.2, 0.25) is 5.02 Å². The average molecular weight is 441 g/mol. The van der Waals surface area contributed by atoms with Crippen LogP contribution in [0.3, 0.4) is 0 Å². The quantitative estimate of drug-likeness (QED) is 0.595. The summed E-state index contributed by atoms with van der Waals surface area (Å²) in [5, 5.41) is 11.7. The molecule has 0 atom stereocenters. The second-order valence-corrected chi connectivity index (χ2v) is 9.44. The highest BCUT2D eigenvalue weighted by Gasteiger charge is 2.33. The Morgan fingerprint density at radius 2 is 1.55 bits per heavy atom. The zero-order valence-corrected chi connectivity index (χ0v) is 19.0. The van der Waals surface area contributed by atoms with Gasteiger partial charge >= 0.3 is 0 Å². The maximum atomic E-state index is 12.6. The molecule has 0 radical (unpaired) electrons. The van der Waals surface area contributed by atoms with Crippen molar-refractivity contribution in [1.29, 1.82) is 0 Å². The Kier molecular flexibility index (Phi) is 7.31. The zero-order chi connectivity index (χ0) is 21.7. The first kappa shape index (κ1) is 22.3. The van der Waals surface area contributed by atoms with E-state index in [1.807, 2.05) is 36.4 Å². The number of hydrogen-bond donors (Lipinski definition) is 1. The van der Waals surface area contributed by atoms with Gasteiger partial charge in [-0.1, -0.05) is 23.7 Å². The van der Waals surface area contributed by atoms with Crippen LogP contribution in [0.5, 0.6) is 0 Å². The number of carbonyl (C=O) groups excluding carboxylic acids is 1. The second kappa shape index (κ2) is 10.2. The van der Waals surface area contributed by atoms with E-state index in [1.165, 1.54) is 24.9 Å². The summed E-state index contributed by atoms with van der Waals surface area (Å²) in [5.41, 5.74) is 2.22. The normalized spacial score (nSPS) is 19.4. The first-order chi connectivity index (χ1) is 15.0. The molecule has 0 aromatic heterocycles. The number of anilines is 1.